The van der Waals surface area contributed by atoms with E-state index in [9.17, 15) is 4.79 Å². The summed E-state index contributed by atoms with van der Waals surface area (Å²) < 4.78 is 5.36. The third-order valence-corrected chi connectivity index (χ3v) is 3.29. The highest BCUT2D eigenvalue weighted by molar-refractivity contribution is 5.77. The van der Waals surface area contributed by atoms with E-state index < -0.39 is 0 Å². The van der Waals surface area contributed by atoms with Crippen LogP contribution in [-0.2, 0) is 9.53 Å². The van der Waals surface area contributed by atoms with Crippen LogP contribution in [0.5, 0.6) is 0 Å². The number of nitrogens with zero attached hydrogens (tertiary/aromatic N) is 2. The average Bonchev–Trinajstić information content (AvgIpc) is 2.46. The van der Waals surface area contributed by atoms with Crippen LogP contribution in [0, 0.1) is 0 Å². The van der Waals surface area contributed by atoms with Crippen molar-refractivity contribution in [3.8, 4) is 0 Å². The normalized spacial score (nSPS) is 15.9. The number of hydrogen-bond donors (Lipinski definition) is 0. The molecule has 0 bridgehead atoms. The Morgan fingerprint density at radius 2 is 1.79 bits per heavy atom. The van der Waals surface area contributed by atoms with E-state index in [4.69, 9.17) is 4.74 Å². The fourth-order valence-corrected chi connectivity index (χ4v) is 2.18. The van der Waals surface area contributed by atoms with Gasteiger partial charge in [0.1, 0.15) is 6.61 Å². The average molecular weight is 262 g/mol. The number of para-hydroxylation sites is 1. The Bertz CT molecular complexity index is 398. The molecule has 0 spiro atoms. The lowest BCUT2D eigenvalue weighted by Crippen LogP contribution is -2.49. The van der Waals surface area contributed by atoms with Crippen molar-refractivity contribution in [3.05, 3.63) is 30.3 Å². The highest BCUT2D eigenvalue weighted by atomic mass is 16.5. The zero-order chi connectivity index (χ0) is 13.7. The second-order valence-electron chi connectivity index (χ2n) is 5.06. The number of piperazine rings is 1. The van der Waals surface area contributed by atoms with Crippen LogP contribution in [0.1, 0.15) is 13.8 Å². The number of amides is 1. The van der Waals surface area contributed by atoms with Crippen LogP contribution in [0.3, 0.4) is 0 Å². The van der Waals surface area contributed by atoms with Crippen molar-refractivity contribution in [3.63, 3.8) is 0 Å². The first-order chi connectivity index (χ1) is 9.16. The lowest BCUT2D eigenvalue weighted by molar-refractivity contribution is -0.137. The molecule has 1 aromatic carbocycles. The van der Waals surface area contributed by atoms with E-state index in [1.54, 1.807) is 0 Å². The van der Waals surface area contributed by atoms with Gasteiger partial charge in [0.15, 0.2) is 0 Å². The zero-order valence-corrected chi connectivity index (χ0v) is 11.7. The maximum absolute atomic E-state index is 11.9. The van der Waals surface area contributed by atoms with Crippen molar-refractivity contribution in [1.29, 1.82) is 0 Å². The van der Waals surface area contributed by atoms with Crippen LogP contribution < -0.4 is 4.90 Å². The number of rotatable bonds is 4. The zero-order valence-electron chi connectivity index (χ0n) is 11.7. The van der Waals surface area contributed by atoms with Gasteiger partial charge in [-0.25, -0.2) is 0 Å². The van der Waals surface area contributed by atoms with Crippen molar-refractivity contribution < 1.29 is 9.53 Å². The van der Waals surface area contributed by atoms with Gasteiger partial charge in [-0.1, -0.05) is 18.2 Å². The Labute approximate surface area is 115 Å². The first-order valence-corrected chi connectivity index (χ1v) is 6.86. The van der Waals surface area contributed by atoms with Gasteiger partial charge in [-0.2, -0.15) is 0 Å². The second-order valence-corrected chi connectivity index (χ2v) is 5.06. The van der Waals surface area contributed by atoms with Crippen LogP contribution in [0.25, 0.3) is 0 Å². The molecule has 0 aromatic heterocycles. The number of anilines is 1. The molecule has 1 heterocycles. The fraction of sp³-hybridized carbons (Fsp3) is 0.533. The SMILES string of the molecule is CC(C)OCC(=O)N1CCN(c2ccccc2)CC1. The minimum atomic E-state index is 0.0985. The Morgan fingerprint density at radius 3 is 2.37 bits per heavy atom. The van der Waals surface area contributed by atoms with Crippen LogP contribution in [0.4, 0.5) is 5.69 Å². The molecule has 19 heavy (non-hydrogen) atoms. The summed E-state index contributed by atoms with van der Waals surface area (Å²) in [6, 6.07) is 10.3. The molecule has 0 N–H and O–H groups in total. The molecule has 0 saturated carbocycles. The summed E-state index contributed by atoms with van der Waals surface area (Å²) >= 11 is 0. The molecule has 2 rings (SSSR count). The molecule has 1 saturated heterocycles. The van der Waals surface area contributed by atoms with Crippen LogP contribution in [-0.4, -0.2) is 49.7 Å². The number of carbonyl (C=O) groups is 1. The highest BCUT2D eigenvalue weighted by Crippen LogP contribution is 2.15. The van der Waals surface area contributed by atoms with E-state index in [-0.39, 0.29) is 18.6 Å². The van der Waals surface area contributed by atoms with Crippen molar-refractivity contribution in [2.75, 3.05) is 37.7 Å². The summed E-state index contributed by atoms with van der Waals surface area (Å²) in [6.07, 6.45) is 0.106. The number of hydrogen-bond acceptors (Lipinski definition) is 3. The Kier molecular flexibility index (Phi) is 4.80. The summed E-state index contributed by atoms with van der Waals surface area (Å²) in [4.78, 5) is 16.1. The fourth-order valence-electron chi connectivity index (χ4n) is 2.18. The summed E-state index contributed by atoms with van der Waals surface area (Å²) in [5.41, 5.74) is 1.23. The molecule has 0 radical (unpaired) electrons. The molecule has 0 atom stereocenters. The Morgan fingerprint density at radius 1 is 1.16 bits per heavy atom. The van der Waals surface area contributed by atoms with Gasteiger partial charge in [0.05, 0.1) is 6.10 Å². The first kappa shape index (κ1) is 13.9. The van der Waals surface area contributed by atoms with Gasteiger partial charge in [-0.15, -0.1) is 0 Å². The number of benzene rings is 1. The highest BCUT2D eigenvalue weighted by Gasteiger charge is 2.21. The number of ether oxygens (including phenoxy) is 1. The van der Waals surface area contributed by atoms with E-state index in [0.29, 0.717) is 0 Å². The molecule has 104 valence electrons. The maximum atomic E-state index is 11.9. The Hall–Kier alpha value is -1.55. The van der Waals surface area contributed by atoms with E-state index in [1.807, 2.05) is 36.9 Å². The Balaban J connectivity index is 1.81. The van der Waals surface area contributed by atoms with E-state index >= 15 is 0 Å². The van der Waals surface area contributed by atoms with Crippen molar-refractivity contribution in [1.82, 2.24) is 4.90 Å². The lowest BCUT2D eigenvalue weighted by Gasteiger charge is -2.36. The first-order valence-electron chi connectivity index (χ1n) is 6.86. The van der Waals surface area contributed by atoms with Gasteiger partial charge in [0.25, 0.3) is 0 Å². The molecule has 4 heteroatoms. The summed E-state index contributed by atoms with van der Waals surface area (Å²) in [5, 5.41) is 0. The summed E-state index contributed by atoms with van der Waals surface area (Å²) in [6.45, 7) is 7.41. The molecular formula is C15H22N2O2. The summed E-state index contributed by atoms with van der Waals surface area (Å²) in [5.74, 6) is 0.0985. The van der Waals surface area contributed by atoms with Crippen molar-refractivity contribution >= 4 is 11.6 Å². The molecule has 1 aliphatic rings. The van der Waals surface area contributed by atoms with Gasteiger partial charge in [-0.05, 0) is 26.0 Å². The smallest absolute Gasteiger partial charge is 0.248 e. The van der Waals surface area contributed by atoms with Gasteiger partial charge in [0.2, 0.25) is 5.91 Å². The van der Waals surface area contributed by atoms with Crippen LogP contribution in [0.2, 0.25) is 0 Å². The molecule has 1 aromatic rings. The largest absolute Gasteiger partial charge is 0.369 e. The van der Waals surface area contributed by atoms with Gasteiger partial charge >= 0.3 is 0 Å². The van der Waals surface area contributed by atoms with Crippen molar-refractivity contribution in [2.45, 2.75) is 20.0 Å². The van der Waals surface area contributed by atoms with Crippen LogP contribution in [0.15, 0.2) is 30.3 Å². The van der Waals surface area contributed by atoms with Crippen molar-refractivity contribution in [2.24, 2.45) is 0 Å². The van der Waals surface area contributed by atoms with Crippen LogP contribution >= 0.6 is 0 Å². The van der Waals surface area contributed by atoms with E-state index in [1.165, 1.54) is 5.69 Å². The molecular weight excluding hydrogens is 240 g/mol. The summed E-state index contributed by atoms with van der Waals surface area (Å²) in [7, 11) is 0. The molecule has 1 aliphatic heterocycles. The lowest BCUT2D eigenvalue weighted by atomic mass is 10.2. The minimum Gasteiger partial charge on any atom is -0.369 e. The molecule has 1 fully saturated rings. The third kappa shape index (κ3) is 3.96. The maximum Gasteiger partial charge on any atom is 0.248 e. The molecule has 4 nitrogen and oxygen atoms in total. The second kappa shape index (κ2) is 6.57. The number of carbonyl (C=O) groups excluding carboxylic acids is 1. The molecule has 1 amide bonds. The van der Waals surface area contributed by atoms with Gasteiger partial charge in [-0.3, -0.25) is 4.79 Å². The van der Waals surface area contributed by atoms with E-state index in [2.05, 4.69) is 17.0 Å². The van der Waals surface area contributed by atoms with Gasteiger partial charge in [0, 0.05) is 31.9 Å². The predicted octanol–water partition coefficient (Wildman–Crippen LogP) is 1.76. The molecule has 0 aliphatic carbocycles. The van der Waals surface area contributed by atoms with Gasteiger partial charge < -0.3 is 14.5 Å². The topological polar surface area (TPSA) is 32.8 Å². The quantitative estimate of drug-likeness (QED) is 0.829. The standard InChI is InChI=1S/C15H22N2O2/c1-13(2)19-12-15(18)17-10-8-16(9-11-17)14-6-4-3-5-7-14/h3-7,13H,8-12H2,1-2H3. The predicted molar refractivity (Wildman–Crippen MR) is 76.3 cm³/mol. The monoisotopic (exact) mass is 262 g/mol. The molecule has 0 unspecified atom stereocenters. The third-order valence-electron chi connectivity index (χ3n) is 3.29. The van der Waals surface area contributed by atoms with E-state index in [0.717, 1.165) is 26.2 Å². The minimum absolute atomic E-state index is 0.0985.